The number of anilines is 1. The molecule has 0 radical (unpaired) electrons. The maximum atomic E-state index is 5.26. The third-order valence-electron chi connectivity index (χ3n) is 5.52. The minimum Gasteiger partial charge on any atom is -0.361 e. The van der Waals surface area contributed by atoms with E-state index in [1.807, 2.05) is 25.1 Å². The Bertz CT molecular complexity index is 892. The van der Waals surface area contributed by atoms with Crippen LogP contribution < -0.4 is 4.90 Å². The highest BCUT2D eigenvalue weighted by Crippen LogP contribution is 2.54. The molecule has 0 saturated heterocycles. The molecule has 3 aromatic heterocycles. The van der Waals surface area contributed by atoms with Gasteiger partial charge in [0.2, 0.25) is 0 Å². The van der Waals surface area contributed by atoms with Crippen molar-refractivity contribution >= 4 is 16.9 Å². The van der Waals surface area contributed by atoms with Gasteiger partial charge in [0.25, 0.3) is 0 Å². The molecule has 2 fully saturated rings. The average Bonchev–Trinajstić information content (AvgIpc) is 3.02. The van der Waals surface area contributed by atoms with Crippen LogP contribution in [0.5, 0.6) is 0 Å². The highest BCUT2D eigenvalue weighted by molar-refractivity contribution is 5.85. The Morgan fingerprint density at radius 1 is 1.16 bits per heavy atom. The highest BCUT2D eigenvalue weighted by Gasteiger charge is 2.46. The Labute approximate surface area is 146 Å². The van der Waals surface area contributed by atoms with E-state index >= 15 is 0 Å². The summed E-state index contributed by atoms with van der Waals surface area (Å²) < 4.78 is 5.26. The Morgan fingerprint density at radius 2 is 2.04 bits per heavy atom. The number of fused-ring (bicyclic) bond motifs is 2. The molecule has 25 heavy (non-hydrogen) atoms. The zero-order valence-corrected chi connectivity index (χ0v) is 14.3. The SMILES string of the molecule is Cc1cc(CN(CC2CC3CC3C2)c2ncnc3cccnc23)no1. The number of aromatic nitrogens is 4. The molecule has 2 aliphatic rings. The Kier molecular flexibility index (Phi) is 3.43. The van der Waals surface area contributed by atoms with Crippen LogP contribution in [-0.2, 0) is 6.54 Å². The first-order valence-corrected chi connectivity index (χ1v) is 8.99. The fourth-order valence-electron chi connectivity index (χ4n) is 4.33. The largest absolute Gasteiger partial charge is 0.361 e. The van der Waals surface area contributed by atoms with Crippen molar-refractivity contribution in [2.75, 3.05) is 11.4 Å². The van der Waals surface area contributed by atoms with E-state index in [0.717, 1.165) is 52.6 Å². The third kappa shape index (κ3) is 2.86. The lowest BCUT2D eigenvalue weighted by atomic mass is 10.0. The van der Waals surface area contributed by atoms with Crippen molar-refractivity contribution in [3.8, 4) is 0 Å². The lowest BCUT2D eigenvalue weighted by Gasteiger charge is -2.27. The molecule has 0 aromatic carbocycles. The van der Waals surface area contributed by atoms with Crippen molar-refractivity contribution in [2.45, 2.75) is 32.7 Å². The second-order valence-electron chi connectivity index (χ2n) is 7.47. The molecule has 3 heterocycles. The summed E-state index contributed by atoms with van der Waals surface area (Å²) in [6, 6.07) is 5.89. The molecule has 0 spiro atoms. The van der Waals surface area contributed by atoms with Crippen LogP contribution in [0.1, 0.15) is 30.7 Å². The second kappa shape index (κ2) is 5.79. The fourth-order valence-corrected chi connectivity index (χ4v) is 4.33. The van der Waals surface area contributed by atoms with E-state index in [1.54, 1.807) is 12.5 Å². The summed E-state index contributed by atoms with van der Waals surface area (Å²) in [5.74, 6) is 4.41. The van der Waals surface area contributed by atoms with Crippen molar-refractivity contribution < 1.29 is 4.52 Å². The summed E-state index contributed by atoms with van der Waals surface area (Å²) in [5, 5.41) is 4.18. The van der Waals surface area contributed by atoms with Crippen molar-refractivity contribution in [1.29, 1.82) is 0 Å². The van der Waals surface area contributed by atoms with Crippen LogP contribution >= 0.6 is 0 Å². The van der Waals surface area contributed by atoms with E-state index in [4.69, 9.17) is 4.52 Å². The van der Waals surface area contributed by atoms with E-state index in [1.165, 1.54) is 19.3 Å². The van der Waals surface area contributed by atoms with Crippen LogP contribution in [0.4, 0.5) is 5.82 Å². The molecule has 0 N–H and O–H groups in total. The topological polar surface area (TPSA) is 67.9 Å². The van der Waals surface area contributed by atoms with Crippen molar-refractivity contribution in [3.05, 3.63) is 42.2 Å². The number of rotatable bonds is 5. The number of hydrogen-bond acceptors (Lipinski definition) is 6. The summed E-state index contributed by atoms with van der Waals surface area (Å²) in [5.41, 5.74) is 2.67. The number of nitrogens with zero attached hydrogens (tertiary/aromatic N) is 5. The number of hydrogen-bond donors (Lipinski definition) is 0. The highest BCUT2D eigenvalue weighted by atomic mass is 16.5. The first-order chi connectivity index (χ1) is 12.3. The molecule has 0 aliphatic heterocycles. The van der Waals surface area contributed by atoms with Gasteiger partial charge in [-0.1, -0.05) is 5.16 Å². The van der Waals surface area contributed by atoms with Crippen LogP contribution in [0, 0.1) is 24.7 Å². The third-order valence-corrected chi connectivity index (χ3v) is 5.52. The normalized spacial score (nSPS) is 24.4. The van der Waals surface area contributed by atoms with E-state index in [9.17, 15) is 0 Å². The van der Waals surface area contributed by atoms with Gasteiger partial charge in [-0.2, -0.15) is 0 Å². The molecule has 0 bridgehead atoms. The van der Waals surface area contributed by atoms with Gasteiger partial charge in [0.1, 0.15) is 23.3 Å². The molecule has 2 unspecified atom stereocenters. The summed E-state index contributed by atoms with van der Waals surface area (Å²) in [6.07, 6.45) is 7.56. The van der Waals surface area contributed by atoms with Crippen molar-refractivity contribution in [1.82, 2.24) is 20.1 Å². The lowest BCUT2D eigenvalue weighted by molar-refractivity contribution is 0.388. The molecule has 6 heteroatoms. The first kappa shape index (κ1) is 14.8. The van der Waals surface area contributed by atoms with Gasteiger partial charge in [-0.15, -0.1) is 0 Å². The van der Waals surface area contributed by atoms with Gasteiger partial charge in [-0.05, 0) is 56.1 Å². The van der Waals surface area contributed by atoms with Crippen molar-refractivity contribution in [3.63, 3.8) is 0 Å². The predicted octanol–water partition coefficient (Wildman–Crippen LogP) is 3.37. The second-order valence-corrected chi connectivity index (χ2v) is 7.47. The first-order valence-electron chi connectivity index (χ1n) is 8.99. The zero-order valence-electron chi connectivity index (χ0n) is 14.3. The van der Waals surface area contributed by atoms with Gasteiger partial charge < -0.3 is 9.42 Å². The number of aryl methyl sites for hydroxylation is 1. The Hall–Kier alpha value is -2.50. The van der Waals surface area contributed by atoms with Crippen LogP contribution in [0.15, 0.2) is 35.2 Å². The summed E-state index contributed by atoms with van der Waals surface area (Å²) in [7, 11) is 0. The monoisotopic (exact) mass is 335 g/mol. The smallest absolute Gasteiger partial charge is 0.158 e. The predicted molar refractivity (Wildman–Crippen MR) is 93.9 cm³/mol. The van der Waals surface area contributed by atoms with Crippen LogP contribution in [0.3, 0.4) is 0 Å². The molecule has 6 nitrogen and oxygen atoms in total. The standard InChI is InChI=1S/C19H21N5O/c1-12-5-16(23-25-12)10-24(9-13-6-14-8-15(14)7-13)19-18-17(21-11-22-19)3-2-4-20-18/h2-5,11,13-15H,6-10H2,1H3. The molecular formula is C19H21N5O. The van der Waals surface area contributed by atoms with Crippen LogP contribution in [-0.4, -0.2) is 26.7 Å². The number of pyridine rings is 1. The fraction of sp³-hybridized carbons (Fsp3) is 0.474. The molecule has 2 aliphatic carbocycles. The van der Waals surface area contributed by atoms with E-state index in [-0.39, 0.29) is 0 Å². The maximum Gasteiger partial charge on any atom is 0.158 e. The van der Waals surface area contributed by atoms with Gasteiger partial charge in [0.15, 0.2) is 5.82 Å². The van der Waals surface area contributed by atoms with Gasteiger partial charge in [0.05, 0.1) is 12.1 Å². The molecule has 2 atom stereocenters. The quantitative estimate of drug-likeness (QED) is 0.712. The van der Waals surface area contributed by atoms with E-state index < -0.39 is 0 Å². The average molecular weight is 335 g/mol. The zero-order chi connectivity index (χ0) is 16.8. The van der Waals surface area contributed by atoms with Crippen molar-refractivity contribution in [2.24, 2.45) is 17.8 Å². The summed E-state index contributed by atoms with van der Waals surface area (Å²) in [6.45, 7) is 3.60. The van der Waals surface area contributed by atoms with E-state index in [2.05, 4.69) is 25.0 Å². The van der Waals surface area contributed by atoms with Crippen LogP contribution in [0.2, 0.25) is 0 Å². The summed E-state index contributed by atoms with van der Waals surface area (Å²) >= 11 is 0. The van der Waals surface area contributed by atoms with Gasteiger partial charge in [0, 0.05) is 18.8 Å². The Morgan fingerprint density at radius 3 is 2.84 bits per heavy atom. The Balaban J connectivity index is 1.48. The van der Waals surface area contributed by atoms with Crippen LogP contribution in [0.25, 0.3) is 11.0 Å². The van der Waals surface area contributed by atoms with Gasteiger partial charge in [-0.3, -0.25) is 4.98 Å². The molecule has 128 valence electrons. The van der Waals surface area contributed by atoms with Gasteiger partial charge in [-0.25, -0.2) is 9.97 Å². The van der Waals surface area contributed by atoms with Gasteiger partial charge >= 0.3 is 0 Å². The lowest BCUT2D eigenvalue weighted by Crippen LogP contribution is -2.30. The molecular weight excluding hydrogens is 314 g/mol. The minimum atomic E-state index is 0.686. The molecule has 2 saturated carbocycles. The maximum absolute atomic E-state index is 5.26. The summed E-state index contributed by atoms with van der Waals surface area (Å²) in [4.78, 5) is 15.8. The molecule has 5 rings (SSSR count). The molecule has 0 amide bonds. The molecule has 3 aromatic rings. The minimum absolute atomic E-state index is 0.686. The van der Waals surface area contributed by atoms with E-state index in [0.29, 0.717) is 6.54 Å².